The molecule has 1 fully saturated rings. The van der Waals surface area contributed by atoms with Crippen LogP contribution in [0, 0.1) is 5.92 Å². The van der Waals surface area contributed by atoms with Gasteiger partial charge >= 0.3 is 5.97 Å². The summed E-state index contributed by atoms with van der Waals surface area (Å²) in [6.45, 7) is 0. The Kier molecular flexibility index (Phi) is 5.72. The van der Waals surface area contributed by atoms with E-state index in [1.165, 1.54) is 38.3 Å². The first-order valence-corrected chi connectivity index (χ1v) is 7.65. The number of carboxylic acids is 1. The third kappa shape index (κ3) is 4.85. The van der Waals surface area contributed by atoms with E-state index in [-0.39, 0.29) is 17.3 Å². The average molecular weight is 290 g/mol. The predicted octanol–water partition coefficient (Wildman–Crippen LogP) is 3.47. The molecule has 21 heavy (non-hydrogen) atoms. The molecule has 5 nitrogen and oxygen atoms in total. The molecule has 0 bridgehead atoms. The highest BCUT2D eigenvalue weighted by molar-refractivity contribution is 5.98. The lowest BCUT2D eigenvalue weighted by atomic mass is 9.86. The number of aromatic nitrogens is 1. The number of pyridine rings is 1. The second kappa shape index (κ2) is 7.76. The number of hydrogen-bond acceptors (Lipinski definition) is 3. The molecule has 2 N–H and O–H groups in total. The fourth-order valence-corrected chi connectivity index (χ4v) is 2.92. The smallest absolute Gasteiger partial charge is 0.356 e. The van der Waals surface area contributed by atoms with Crippen molar-refractivity contribution in [2.24, 2.45) is 5.92 Å². The van der Waals surface area contributed by atoms with Gasteiger partial charge in [0, 0.05) is 12.6 Å². The maximum atomic E-state index is 11.9. The molecule has 0 saturated heterocycles. The maximum Gasteiger partial charge on any atom is 0.356 e. The Morgan fingerprint density at radius 2 is 2.05 bits per heavy atom. The van der Waals surface area contributed by atoms with Crippen molar-refractivity contribution in [3.63, 3.8) is 0 Å². The van der Waals surface area contributed by atoms with Crippen LogP contribution in [0.5, 0.6) is 0 Å². The summed E-state index contributed by atoms with van der Waals surface area (Å²) in [5, 5.41) is 11.7. The molecule has 1 amide bonds. The van der Waals surface area contributed by atoms with Crippen LogP contribution in [-0.4, -0.2) is 22.0 Å². The standard InChI is InChI=1S/C16H22N2O3/c19-14(10-4-8-12-6-2-1-3-7-12)18-13-9-5-11-17-15(13)16(20)21/h5,9,11-12H,1-4,6-8,10H2,(H,18,19)(H,20,21). The van der Waals surface area contributed by atoms with Gasteiger partial charge in [-0.25, -0.2) is 9.78 Å². The van der Waals surface area contributed by atoms with Gasteiger partial charge in [0.25, 0.3) is 0 Å². The molecule has 0 aromatic carbocycles. The first kappa shape index (κ1) is 15.5. The van der Waals surface area contributed by atoms with Gasteiger partial charge in [-0.1, -0.05) is 32.1 Å². The number of nitrogens with one attached hydrogen (secondary N) is 1. The molecule has 1 saturated carbocycles. The van der Waals surface area contributed by atoms with Gasteiger partial charge in [0.05, 0.1) is 5.69 Å². The van der Waals surface area contributed by atoms with Crippen LogP contribution < -0.4 is 5.32 Å². The zero-order valence-corrected chi connectivity index (χ0v) is 12.2. The minimum Gasteiger partial charge on any atom is -0.476 e. The molecular formula is C16H22N2O3. The summed E-state index contributed by atoms with van der Waals surface area (Å²) in [7, 11) is 0. The number of aromatic carboxylic acids is 1. The number of rotatable bonds is 6. The van der Waals surface area contributed by atoms with Gasteiger partial charge in [0.15, 0.2) is 5.69 Å². The highest BCUT2D eigenvalue weighted by atomic mass is 16.4. The summed E-state index contributed by atoms with van der Waals surface area (Å²) in [6, 6.07) is 3.18. The van der Waals surface area contributed by atoms with Crippen LogP contribution >= 0.6 is 0 Å². The minimum absolute atomic E-state index is 0.113. The van der Waals surface area contributed by atoms with Crippen LogP contribution in [0.2, 0.25) is 0 Å². The molecule has 2 rings (SSSR count). The first-order valence-electron chi connectivity index (χ1n) is 7.65. The molecule has 0 atom stereocenters. The van der Waals surface area contributed by atoms with Crippen molar-refractivity contribution in [3.8, 4) is 0 Å². The highest BCUT2D eigenvalue weighted by Gasteiger charge is 2.15. The van der Waals surface area contributed by atoms with Crippen molar-refractivity contribution >= 4 is 17.6 Å². The van der Waals surface area contributed by atoms with E-state index in [1.54, 1.807) is 12.1 Å². The van der Waals surface area contributed by atoms with E-state index in [2.05, 4.69) is 10.3 Å². The monoisotopic (exact) mass is 290 g/mol. The Morgan fingerprint density at radius 1 is 1.29 bits per heavy atom. The van der Waals surface area contributed by atoms with Crippen molar-refractivity contribution in [1.82, 2.24) is 4.98 Å². The normalized spacial score (nSPS) is 15.6. The highest BCUT2D eigenvalue weighted by Crippen LogP contribution is 2.27. The van der Waals surface area contributed by atoms with E-state index >= 15 is 0 Å². The number of carboxylic acid groups (broad SMARTS) is 1. The summed E-state index contributed by atoms with van der Waals surface area (Å²) < 4.78 is 0. The molecular weight excluding hydrogens is 268 g/mol. The van der Waals surface area contributed by atoms with Gasteiger partial charge in [-0.3, -0.25) is 4.79 Å². The molecule has 1 aliphatic carbocycles. The van der Waals surface area contributed by atoms with Gasteiger partial charge < -0.3 is 10.4 Å². The largest absolute Gasteiger partial charge is 0.476 e. The van der Waals surface area contributed by atoms with Crippen molar-refractivity contribution in [2.75, 3.05) is 5.32 Å². The quantitative estimate of drug-likeness (QED) is 0.840. The van der Waals surface area contributed by atoms with Crippen LogP contribution in [0.15, 0.2) is 18.3 Å². The van der Waals surface area contributed by atoms with E-state index in [0.29, 0.717) is 6.42 Å². The molecule has 0 radical (unpaired) electrons. The number of nitrogens with zero attached hydrogens (tertiary/aromatic N) is 1. The Labute approximate surface area is 124 Å². The predicted molar refractivity (Wildman–Crippen MR) is 80.3 cm³/mol. The van der Waals surface area contributed by atoms with Crippen LogP contribution in [0.1, 0.15) is 61.9 Å². The molecule has 0 aliphatic heterocycles. The number of carbonyl (C=O) groups is 2. The van der Waals surface area contributed by atoms with Crippen molar-refractivity contribution in [3.05, 3.63) is 24.0 Å². The summed E-state index contributed by atoms with van der Waals surface area (Å²) in [5.41, 5.74) is 0.158. The molecule has 1 aromatic rings. The van der Waals surface area contributed by atoms with Gasteiger partial charge in [-0.15, -0.1) is 0 Å². The Bertz CT molecular complexity index is 496. The molecule has 0 unspecified atom stereocenters. The summed E-state index contributed by atoms with van der Waals surface area (Å²) >= 11 is 0. The van der Waals surface area contributed by atoms with Crippen molar-refractivity contribution in [1.29, 1.82) is 0 Å². The van der Waals surface area contributed by atoms with E-state index in [9.17, 15) is 9.59 Å². The average Bonchev–Trinajstić information content (AvgIpc) is 2.48. The van der Waals surface area contributed by atoms with Crippen LogP contribution in [0.4, 0.5) is 5.69 Å². The Morgan fingerprint density at radius 3 is 2.76 bits per heavy atom. The van der Waals surface area contributed by atoms with E-state index in [0.717, 1.165) is 18.8 Å². The summed E-state index contributed by atoms with van der Waals surface area (Å²) in [4.78, 5) is 26.7. The number of anilines is 1. The zero-order valence-electron chi connectivity index (χ0n) is 12.2. The minimum atomic E-state index is -1.13. The van der Waals surface area contributed by atoms with E-state index in [4.69, 9.17) is 5.11 Å². The molecule has 1 heterocycles. The zero-order chi connectivity index (χ0) is 15.1. The first-order chi connectivity index (χ1) is 10.2. The van der Waals surface area contributed by atoms with Crippen LogP contribution in [-0.2, 0) is 4.79 Å². The lowest BCUT2D eigenvalue weighted by Gasteiger charge is -2.21. The van der Waals surface area contributed by atoms with Crippen LogP contribution in [0.25, 0.3) is 0 Å². The van der Waals surface area contributed by atoms with Crippen molar-refractivity contribution < 1.29 is 14.7 Å². The summed E-state index contributed by atoms with van der Waals surface area (Å²) in [6.07, 6.45) is 10.3. The second-order valence-electron chi connectivity index (χ2n) is 5.65. The Hall–Kier alpha value is -1.91. The van der Waals surface area contributed by atoms with Gasteiger partial charge in [0.2, 0.25) is 5.91 Å². The second-order valence-corrected chi connectivity index (χ2v) is 5.65. The maximum absolute atomic E-state index is 11.9. The summed E-state index contributed by atoms with van der Waals surface area (Å²) in [5.74, 6) is -0.506. The Balaban J connectivity index is 1.78. The fourth-order valence-electron chi connectivity index (χ4n) is 2.92. The number of amides is 1. The lowest BCUT2D eigenvalue weighted by molar-refractivity contribution is -0.116. The fraction of sp³-hybridized carbons (Fsp3) is 0.562. The van der Waals surface area contributed by atoms with Gasteiger partial charge in [0.1, 0.15) is 0 Å². The van der Waals surface area contributed by atoms with E-state index < -0.39 is 5.97 Å². The van der Waals surface area contributed by atoms with Crippen molar-refractivity contribution in [2.45, 2.75) is 51.4 Å². The van der Waals surface area contributed by atoms with Gasteiger partial charge in [-0.2, -0.15) is 0 Å². The molecule has 0 spiro atoms. The molecule has 1 aromatic heterocycles. The topological polar surface area (TPSA) is 79.3 Å². The van der Waals surface area contributed by atoms with E-state index in [1.807, 2.05) is 0 Å². The number of hydrogen-bond donors (Lipinski definition) is 2. The van der Waals surface area contributed by atoms with Crippen LogP contribution in [0.3, 0.4) is 0 Å². The van der Waals surface area contributed by atoms with Gasteiger partial charge in [-0.05, 0) is 30.9 Å². The molecule has 1 aliphatic rings. The SMILES string of the molecule is O=C(CCCC1CCCCC1)Nc1cccnc1C(=O)O. The molecule has 114 valence electrons. The third-order valence-electron chi connectivity index (χ3n) is 4.03. The molecule has 5 heteroatoms. The third-order valence-corrected chi connectivity index (χ3v) is 4.03. The number of carbonyl (C=O) groups excluding carboxylic acids is 1. The lowest BCUT2D eigenvalue weighted by Crippen LogP contribution is -2.16.